The summed E-state index contributed by atoms with van der Waals surface area (Å²) in [5.41, 5.74) is 2.36. The first-order valence-electron chi connectivity index (χ1n) is 15.1. The first kappa shape index (κ1) is 43.8. The summed E-state index contributed by atoms with van der Waals surface area (Å²) < 4.78 is 94.0. The monoisotopic (exact) mass is 858 g/mol. The van der Waals surface area contributed by atoms with Gasteiger partial charge in [0.25, 0.3) is 30.4 Å². The summed E-state index contributed by atoms with van der Waals surface area (Å²) in [5, 5.41) is 0. The minimum Gasteiger partial charge on any atom is -0.344 e. The van der Waals surface area contributed by atoms with E-state index in [9.17, 15) is 39.2 Å². The summed E-state index contributed by atoms with van der Waals surface area (Å²) in [6.07, 6.45) is 14.9. The molecule has 0 bridgehead atoms. The number of anilines is 1. The number of halogens is 1. The van der Waals surface area contributed by atoms with Crippen LogP contribution in [0.5, 0.6) is 0 Å². The van der Waals surface area contributed by atoms with Crippen LogP contribution in [-0.2, 0) is 55.6 Å². The van der Waals surface area contributed by atoms with Crippen molar-refractivity contribution in [3.8, 4) is 0 Å². The van der Waals surface area contributed by atoms with Crippen molar-refractivity contribution in [3.05, 3.63) is 89.1 Å². The van der Waals surface area contributed by atoms with Crippen LogP contribution < -0.4 is 4.90 Å². The second-order valence-electron chi connectivity index (χ2n) is 12.2. The molecule has 0 radical (unpaired) electrons. The minimum absolute atomic E-state index is 0.0470. The van der Waals surface area contributed by atoms with Gasteiger partial charge in [-0.05, 0) is 50.5 Å². The van der Waals surface area contributed by atoms with E-state index in [0.717, 1.165) is 15.8 Å². The summed E-state index contributed by atoms with van der Waals surface area (Å²) in [6, 6.07) is 4.23. The third-order valence-corrected chi connectivity index (χ3v) is 11.4. The third-order valence-electron chi connectivity index (χ3n) is 7.88. The Labute approximate surface area is 311 Å². The molecule has 3 rings (SSSR count). The van der Waals surface area contributed by atoms with Gasteiger partial charge in [0.2, 0.25) is 0 Å². The van der Waals surface area contributed by atoms with E-state index in [2.05, 4.69) is 49.1 Å². The molecule has 1 unspecified atom stereocenters. The summed E-state index contributed by atoms with van der Waals surface area (Å²) in [5.74, 6) is -0.749. The van der Waals surface area contributed by atoms with Gasteiger partial charge in [0.15, 0.2) is 0 Å². The molecule has 12 nitrogen and oxygen atoms in total. The van der Waals surface area contributed by atoms with E-state index in [0.29, 0.717) is 23.4 Å². The molecule has 0 saturated carbocycles. The zero-order valence-electron chi connectivity index (χ0n) is 27.9. The van der Waals surface area contributed by atoms with Crippen LogP contribution in [0.2, 0.25) is 0 Å². The Kier molecular flexibility index (Phi) is 15.7. The molecule has 2 heterocycles. The Morgan fingerprint density at radius 2 is 1.68 bits per heavy atom. The van der Waals surface area contributed by atoms with Gasteiger partial charge in [-0.25, -0.2) is 0 Å². The minimum atomic E-state index is -4.50. The predicted molar refractivity (Wildman–Crippen MR) is 196 cm³/mol. The van der Waals surface area contributed by atoms with E-state index < -0.39 is 46.9 Å². The number of carbonyl (C=O) groups excluding carboxylic acids is 1. The van der Waals surface area contributed by atoms with E-state index in [4.69, 9.17) is 4.55 Å². The van der Waals surface area contributed by atoms with Crippen LogP contribution in [0.4, 0.5) is 5.69 Å². The molecule has 2 aliphatic heterocycles. The zero-order valence-corrected chi connectivity index (χ0v) is 33.0. The summed E-state index contributed by atoms with van der Waals surface area (Å²) >= 11 is 8.06. The second-order valence-corrected chi connectivity index (χ2v) is 17.9. The van der Waals surface area contributed by atoms with Crippen molar-refractivity contribution < 1.29 is 58.7 Å². The molecule has 1 aromatic carbocycles. The number of hydrogen-bond donors (Lipinski definition) is 3. The Bertz CT molecular complexity index is 1980. The number of fused-ring (bicyclic) bond motifs is 1. The molecular formula is C33H41BrN2NiO10S3-2. The molecular weight excluding hydrogens is 819 g/mol. The van der Waals surface area contributed by atoms with Crippen molar-refractivity contribution in [1.29, 1.82) is 0 Å². The predicted octanol–water partition coefficient (Wildman–Crippen LogP) is 5.55. The molecule has 50 heavy (non-hydrogen) atoms. The van der Waals surface area contributed by atoms with E-state index in [1.807, 2.05) is 56.1 Å². The molecule has 0 fully saturated rings. The maximum Gasteiger partial charge on any atom is 0.294 e. The largest absolute Gasteiger partial charge is 0.344 e. The van der Waals surface area contributed by atoms with Crippen LogP contribution in [-0.4, -0.2) is 73.5 Å². The SMILES string of the molecule is CC(=O)CCC1(C)\C(=C/C=C/C=C/C2=N[C-]=C(/C=C(/Br)[CH]=[Ni])C2(C)C)N(CCCS(=O)(=O)O)c2ccc(S(=O)(=O)O)cc21.[CH2-]CCS(=O)(=O)O. The molecule has 0 aromatic heterocycles. The van der Waals surface area contributed by atoms with Gasteiger partial charge in [-0.2, -0.15) is 31.7 Å². The molecule has 17 heteroatoms. The molecule has 0 aliphatic carbocycles. The van der Waals surface area contributed by atoms with Crippen LogP contribution in [0.3, 0.4) is 0 Å². The fourth-order valence-corrected chi connectivity index (χ4v) is 6.90. The van der Waals surface area contributed by atoms with E-state index >= 15 is 0 Å². The average Bonchev–Trinajstić information content (AvgIpc) is 3.39. The smallest absolute Gasteiger partial charge is 0.294 e. The topological polar surface area (TPSA) is 196 Å². The molecule has 1 atom stereocenters. The van der Waals surface area contributed by atoms with Gasteiger partial charge in [-0.1, -0.05) is 0 Å². The van der Waals surface area contributed by atoms with Gasteiger partial charge < -0.3 is 16.6 Å². The van der Waals surface area contributed by atoms with Gasteiger partial charge in [0.05, 0.1) is 10.6 Å². The number of Topliss-reactive ketones (excluding diaryl/α,β-unsaturated/α-hetero) is 1. The van der Waals surface area contributed by atoms with Gasteiger partial charge in [-0.15, -0.1) is 0 Å². The normalized spacial score (nSPS) is 20.2. The van der Waals surface area contributed by atoms with Gasteiger partial charge in [-0.3, -0.25) is 13.7 Å². The number of benzene rings is 1. The molecule has 3 N–H and O–H groups in total. The van der Waals surface area contributed by atoms with Gasteiger partial charge in [0, 0.05) is 29.8 Å². The number of ketones is 1. The summed E-state index contributed by atoms with van der Waals surface area (Å²) in [7, 11) is -12.4. The van der Waals surface area contributed by atoms with Crippen LogP contribution in [0, 0.1) is 18.5 Å². The maximum atomic E-state index is 12.0. The molecule has 280 valence electrons. The summed E-state index contributed by atoms with van der Waals surface area (Å²) in [4.78, 5) is 19.6. The third kappa shape index (κ3) is 12.7. The summed E-state index contributed by atoms with van der Waals surface area (Å²) in [6.45, 7) is 10.8. The number of rotatable bonds is 15. The maximum absolute atomic E-state index is 12.0. The zero-order chi connectivity index (χ0) is 38.1. The van der Waals surface area contributed by atoms with Crippen molar-refractivity contribution in [2.45, 2.75) is 63.7 Å². The average molecular weight is 860 g/mol. The number of carbonyl (C=O) groups is 1. The Morgan fingerprint density at radius 3 is 2.20 bits per heavy atom. The first-order chi connectivity index (χ1) is 23.0. The van der Waals surface area contributed by atoms with Crippen molar-refractivity contribution in [1.82, 2.24) is 0 Å². The second kappa shape index (κ2) is 17.9. The number of aliphatic imine (C=N–C) groups is 1. The molecule has 0 amide bonds. The molecule has 2 aliphatic rings. The Morgan fingerprint density at radius 1 is 1.04 bits per heavy atom. The Balaban J connectivity index is 0.00000112. The number of allylic oxidation sites excluding steroid dienone is 9. The standard InChI is InChI=1S/C30H34BrN2O7S2.C3H7O3S.Ni/c1-21(31)18-23-20-32-27(29(23,3)4)10-7-6-8-11-28-30(5,15-14-22(2)34)25-19-24(42(38,39)40)12-13-26(25)33(28)16-9-17-41(35,36)37;1-2-3-7(4,5)6;/h1,6-8,10-13,18-19H,9,14-17H2,2-5H3,(H,35,36,37)(H,38,39,40);1-3H2,(H,4,5,6);/q2*-1;/b8-6+,10-7+,21-18+,28-11+;;. The van der Waals surface area contributed by atoms with Crippen LogP contribution in [0.1, 0.15) is 58.9 Å². The van der Waals surface area contributed by atoms with Crippen molar-refractivity contribution in [3.63, 3.8) is 0 Å². The van der Waals surface area contributed by atoms with Crippen LogP contribution in [0.25, 0.3) is 0 Å². The van der Waals surface area contributed by atoms with Crippen LogP contribution >= 0.6 is 15.9 Å². The first-order valence-corrected chi connectivity index (χ1v) is 21.1. The molecule has 0 saturated heterocycles. The fourth-order valence-electron chi connectivity index (χ4n) is 5.23. The number of nitrogens with zero attached hydrogens (tertiary/aromatic N) is 2. The number of hydrogen-bond acceptors (Lipinski definition) is 9. The molecule has 0 spiro atoms. The van der Waals surface area contributed by atoms with Crippen molar-refractivity contribution in [2.75, 3.05) is 23.0 Å². The van der Waals surface area contributed by atoms with E-state index in [1.54, 1.807) is 17.1 Å². The van der Waals surface area contributed by atoms with E-state index in [-0.39, 0.29) is 42.2 Å². The molecule has 1 aromatic rings. The Hall–Kier alpha value is -2.37. The van der Waals surface area contributed by atoms with Gasteiger partial charge in [0.1, 0.15) is 5.78 Å². The van der Waals surface area contributed by atoms with E-state index in [1.165, 1.54) is 19.1 Å². The quantitative estimate of drug-likeness (QED) is 0.0867. The fraction of sp³-hybridized carbons (Fsp3) is 0.394. The van der Waals surface area contributed by atoms with Crippen LogP contribution in [0.15, 0.2) is 80.3 Å². The van der Waals surface area contributed by atoms with Crippen molar-refractivity contribution >= 4 is 68.5 Å². The van der Waals surface area contributed by atoms with Crippen molar-refractivity contribution in [2.24, 2.45) is 10.4 Å². The van der Waals surface area contributed by atoms with Gasteiger partial charge >= 0.3 is 124 Å².